The summed E-state index contributed by atoms with van der Waals surface area (Å²) in [7, 11) is 0. The van der Waals surface area contributed by atoms with Gasteiger partial charge >= 0.3 is 5.69 Å². The molecule has 1 aliphatic rings. The molecule has 0 atom stereocenters. The van der Waals surface area contributed by atoms with E-state index >= 15 is 0 Å². The van der Waals surface area contributed by atoms with Crippen LogP contribution in [0.25, 0.3) is 0 Å². The molecule has 0 radical (unpaired) electrons. The zero-order valence-electron chi connectivity index (χ0n) is 10.2. The van der Waals surface area contributed by atoms with Crippen LogP contribution >= 0.6 is 11.6 Å². The predicted octanol–water partition coefficient (Wildman–Crippen LogP) is 2.66. The first-order chi connectivity index (χ1) is 8.63. The second-order valence-electron chi connectivity index (χ2n) is 4.48. The first-order valence-electron chi connectivity index (χ1n) is 6.03. The van der Waals surface area contributed by atoms with Crippen LogP contribution in [0.3, 0.4) is 0 Å². The van der Waals surface area contributed by atoms with Crippen LogP contribution < -0.4 is 4.90 Å². The van der Waals surface area contributed by atoms with Gasteiger partial charge in [0.25, 0.3) is 0 Å². The molecular formula is C11H15ClN4O2. The van der Waals surface area contributed by atoms with Crippen LogP contribution in [0.5, 0.6) is 0 Å². The number of nitro groups is 1. The minimum absolute atomic E-state index is 0.0955. The molecular weight excluding hydrogens is 256 g/mol. The van der Waals surface area contributed by atoms with Gasteiger partial charge in [0.15, 0.2) is 0 Å². The van der Waals surface area contributed by atoms with Gasteiger partial charge in [-0.25, -0.2) is 9.97 Å². The molecule has 0 aliphatic heterocycles. The van der Waals surface area contributed by atoms with Crippen LogP contribution in [0.15, 0.2) is 6.33 Å². The van der Waals surface area contributed by atoms with Crippen molar-refractivity contribution in [3.63, 3.8) is 0 Å². The van der Waals surface area contributed by atoms with Gasteiger partial charge in [0.1, 0.15) is 6.33 Å². The van der Waals surface area contributed by atoms with Crippen molar-refractivity contribution in [2.24, 2.45) is 5.92 Å². The van der Waals surface area contributed by atoms with E-state index in [1.165, 1.54) is 19.2 Å². The average Bonchev–Trinajstić information content (AvgIpc) is 3.11. The summed E-state index contributed by atoms with van der Waals surface area (Å²) >= 11 is 5.80. The van der Waals surface area contributed by atoms with Gasteiger partial charge in [-0.05, 0) is 25.2 Å². The molecule has 1 aromatic heterocycles. The van der Waals surface area contributed by atoms with Crippen LogP contribution in [0.4, 0.5) is 11.5 Å². The minimum atomic E-state index is -0.507. The van der Waals surface area contributed by atoms with Crippen molar-refractivity contribution in [3.8, 4) is 0 Å². The van der Waals surface area contributed by atoms with Crippen molar-refractivity contribution in [1.29, 1.82) is 0 Å². The number of halogens is 1. The summed E-state index contributed by atoms with van der Waals surface area (Å²) in [5.74, 6) is 0.971. The van der Waals surface area contributed by atoms with Crippen LogP contribution in [0.1, 0.15) is 26.2 Å². The highest BCUT2D eigenvalue weighted by Crippen LogP contribution is 2.35. The van der Waals surface area contributed by atoms with E-state index in [1.807, 2.05) is 11.8 Å². The molecule has 1 aromatic rings. The topological polar surface area (TPSA) is 72.2 Å². The van der Waals surface area contributed by atoms with Gasteiger partial charge in [-0.15, -0.1) is 0 Å². The van der Waals surface area contributed by atoms with Gasteiger partial charge in [0.2, 0.25) is 11.0 Å². The van der Waals surface area contributed by atoms with Crippen LogP contribution in [0.2, 0.25) is 5.15 Å². The van der Waals surface area contributed by atoms with Gasteiger partial charge in [-0.3, -0.25) is 10.1 Å². The zero-order valence-corrected chi connectivity index (χ0v) is 10.9. The Labute approximate surface area is 110 Å². The van der Waals surface area contributed by atoms with Crippen LogP contribution in [-0.2, 0) is 0 Å². The van der Waals surface area contributed by atoms with E-state index in [-0.39, 0.29) is 10.8 Å². The van der Waals surface area contributed by atoms with E-state index in [4.69, 9.17) is 11.6 Å². The number of nitrogens with zero attached hydrogens (tertiary/aromatic N) is 4. The fourth-order valence-corrected chi connectivity index (χ4v) is 2.10. The standard InChI is InChI=1S/C11H15ClN4O2/c1-2-5-15(6-8-3-4-8)11-9(16(17)18)10(12)13-7-14-11/h7-8H,2-6H2,1H3. The van der Waals surface area contributed by atoms with E-state index in [1.54, 1.807) is 0 Å². The summed E-state index contributed by atoms with van der Waals surface area (Å²) in [5.41, 5.74) is -0.187. The molecule has 7 heteroatoms. The van der Waals surface area contributed by atoms with Crippen LogP contribution in [-0.4, -0.2) is 28.0 Å². The summed E-state index contributed by atoms with van der Waals surface area (Å²) in [4.78, 5) is 20.2. The fourth-order valence-electron chi connectivity index (χ4n) is 1.90. The maximum atomic E-state index is 11.1. The van der Waals surface area contributed by atoms with E-state index in [0.29, 0.717) is 11.7 Å². The average molecular weight is 271 g/mol. The van der Waals surface area contributed by atoms with Crippen molar-refractivity contribution >= 4 is 23.1 Å². The lowest BCUT2D eigenvalue weighted by atomic mass is 10.3. The molecule has 2 rings (SSSR count). The molecule has 0 spiro atoms. The van der Waals surface area contributed by atoms with Crippen molar-refractivity contribution in [1.82, 2.24) is 9.97 Å². The highest BCUT2D eigenvalue weighted by molar-refractivity contribution is 6.31. The second kappa shape index (κ2) is 5.48. The zero-order chi connectivity index (χ0) is 13.1. The number of aromatic nitrogens is 2. The number of rotatable bonds is 6. The Morgan fingerprint density at radius 1 is 1.56 bits per heavy atom. The van der Waals surface area contributed by atoms with E-state index in [0.717, 1.165) is 19.5 Å². The SMILES string of the molecule is CCCN(CC1CC1)c1ncnc(Cl)c1[N+](=O)[O-]. The molecule has 1 saturated carbocycles. The molecule has 1 fully saturated rings. The van der Waals surface area contributed by atoms with E-state index < -0.39 is 4.92 Å². The molecule has 0 N–H and O–H groups in total. The molecule has 0 amide bonds. The van der Waals surface area contributed by atoms with Crippen LogP contribution in [0, 0.1) is 16.0 Å². The molecule has 0 saturated heterocycles. The first kappa shape index (κ1) is 13.0. The molecule has 0 bridgehead atoms. The number of hydrogen-bond donors (Lipinski definition) is 0. The molecule has 0 unspecified atom stereocenters. The highest BCUT2D eigenvalue weighted by Gasteiger charge is 2.30. The van der Waals surface area contributed by atoms with Crippen molar-refractivity contribution in [3.05, 3.63) is 21.6 Å². The maximum absolute atomic E-state index is 11.1. The summed E-state index contributed by atoms with van der Waals surface area (Å²) in [6, 6.07) is 0. The largest absolute Gasteiger partial charge is 0.350 e. The third kappa shape index (κ3) is 2.87. The molecule has 6 nitrogen and oxygen atoms in total. The third-order valence-corrected chi connectivity index (χ3v) is 3.19. The molecule has 98 valence electrons. The Kier molecular flexibility index (Phi) is 3.96. The molecule has 1 aliphatic carbocycles. The van der Waals surface area contributed by atoms with Gasteiger partial charge in [0, 0.05) is 13.1 Å². The second-order valence-corrected chi connectivity index (χ2v) is 4.84. The number of hydrogen-bond acceptors (Lipinski definition) is 5. The Balaban J connectivity index is 2.32. The fraction of sp³-hybridized carbons (Fsp3) is 0.636. The lowest BCUT2D eigenvalue weighted by molar-refractivity contribution is -0.384. The lowest BCUT2D eigenvalue weighted by Gasteiger charge is -2.22. The highest BCUT2D eigenvalue weighted by atomic mass is 35.5. The van der Waals surface area contributed by atoms with E-state index in [9.17, 15) is 10.1 Å². The van der Waals surface area contributed by atoms with Crippen molar-refractivity contribution in [2.45, 2.75) is 26.2 Å². The number of anilines is 1. The summed E-state index contributed by atoms with van der Waals surface area (Å²) in [6.45, 7) is 3.58. The molecule has 18 heavy (non-hydrogen) atoms. The van der Waals surface area contributed by atoms with E-state index in [2.05, 4.69) is 9.97 Å². The first-order valence-corrected chi connectivity index (χ1v) is 6.41. The minimum Gasteiger partial charge on any atom is -0.350 e. The summed E-state index contributed by atoms with van der Waals surface area (Å²) in [6.07, 6.45) is 4.56. The van der Waals surface area contributed by atoms with Gasteiger partial charge in [-0.1, -0.05) is 18.5 Å². The smallest absolute Gasteiger partial charge is 0.348 e. The Bertz CT molecular complexity index is 451. The maximum Gasteiger partial charge on any atom is 0.348 e. The predicted molar refractivity (Wildman–Crippen MR) is 68.9 cm³/mol. The van der Waals surface area contributed by atoms with Gasteiger partial charge in [-0.2, -0.15) is 0 Å². The molecule has 0 aromatic carbocycles. The Hall–Kier alpha value is -1.43. The Morgan fingerprint density at radius 3 is 2.83 bits per heavy atom. The Morgan fingerprint density at radius 2 is 2.28 bits per heavy atom. The third-order valence-electron chi connectivity index (χ3n) is 2.91. The molecule has 1 heterocycles. The normalized spacial score (nSPS) is 14.6. The van der Waals surface area contributed by atoms with Gasteiger partial charge < -0.3 is 4.90 Å². The quantitative estimate of drug-likeness (QED) is 0.451. The van der Waals surface area contributed by atoms with Crippen molar-refractivity contribution in [2.75, 3.05) is 18.0 Å². The summed E-state index contributed by atoms with van der Waals surface area (Å²) < 4.78 is 0. The monoisotopic (exact) mass is 270 g/mol. The van der Waals surface area contributed by atoms with Gasteiger partial charge in [0.05, 0.1) is 4.92 Å². The summed E-state index contributed by atoms with van der Waals surface area (Å²) in [5, 5.41) is 11.0. The van der Waals surface area contributed by atoms with Crippen molar-refractivity contribution < 1.29 is 4.92 Å². The lowest BCUT2D eigenvalue weighted by Crippen LogP contribution is -2.28.